The van der Waals surface area contributed by atoms with E-state index in [1.165, 1.54) is 0 Å². The average Bonchev–Trinajstić information content (AvgIpc) is 2.25. The molecule has 0 saturated carbocycles. The number of nitrogens with zero attached hydrogens (tertiary/aromatic N) is 1. The second-order valence-corrected chi connectivity index (χ2v) is 7.01. The molecule has 2 aliphatic rings. The van der Waals surface area contributed by atoms with Crippen molar-refractivity contribution in [3.8, 4) is 0 Å². The molecule has 0 aromatic rings. The van der Waals surface area contributed by atoms with Crippen LogP contribution >= 0.6 is 0 Å². The maximum atomic E-state index is 12.1. The molecule has 2 fully saturated rings. The van der Waals surface area contributed by atoms with Crippen molar-refractivity contribution >= 4 is 10.0 Å². The topological polar surface area (TPSA) is 49.4 Å². The zero-order valence-corrected chi connectivity index (χ0v) is 10.9. The van der Waals surface area contributed by atoms with Crippen LogP contribution in [-0.4, -0.2) is 43.6 Å². The smallest absolute Gasteiger partial charge is 0.214 e. The van der Waals surface area contributed by atoms with Crippen molar-refractivity contribution in [1.82, 2.24) is 9.62 Å². The summed E-state index contributed by atoms with van der Waals surface area (Å²) in [4.78, 5) is 0. The first-order chi connectivity index (χ1) is 7.61. The highest BCUT2D eigenvalue weighted by molar-refractivity contribution is 7.89. The number of nitrogens with one attached hydrogen (secondary N) is 1. The molecule has 0 amide bonds. The molecule has 0 radical (unpaired) electrons. The van der Waals surface area contributed by atoms with E-state index in [0.29, 0.717) is 5.75 Å². The molecule has 0 aromatic carbocycles. The second kappa shape index (κ2) is 4.63. The number of rotatable bonds is 4. The van der Waals surface area contributed by atoms with Crippen molar-refractivity contribution in [2.75, 3.05) is 25.4 Å². The summed E-state index contributed by atoms with van der Waals surface area (Å²) in [5.41, 5.74) is -0.0647. The van der Waals surface area contributed by atoms with Gasteiger partial charge in [0.1, 0.15) is 0 Å². The van der Waals surface area contributed by atoms with Gasteiger partial charge >= 0.3 is 0 Å². The summed E-state index contributed by atoms with van der Waals surface area (Å²) in [5, 5.41) is 3.33. The number of piperidine rings is 1. The van der Waals surface area contributed by atoms with Crippen LogP contribution < -0.4 is 5.32 Å². The highest BCUT2D eigenvalue weighted by Crippen LogP contribution is 2.38. The quantitative estimate of drug-likeness (QED) is 0.803. The Morgan fingerprint density at radius 1 is 1.38 bits per heavy atom. The van der Waals surface area contributed by atoms with Crippen LogP contribution in [0.1, 0.15) is 39.0 Å². The van der Waals surface area contributed by atoms with Gasteiger partial charge in [-0.15, -0.1) is 0 Å². The van der Waals surface area contributed by atoms with Gasteiger partial charge < -0.3 is 5.32 Å². The lowest BCUT2D eigenvalue weighted by Crippen LogP contribution is -2.68. The minimum atomic E-state index is -3.00. The molecule has 0 bridgehead atoms. The molecule has 1 atom stereocenters. The molecular weight excluding hydrogens is 224 g/mol. The molecule has 2 saturated heterocycles. The number of hydrogen-bond acceptors (Lipinski definition) is 3. The standard InChI is InChI=1S/C11H22N2O2S/c1-2-3-9-16(14,15)13-8-6-11(13)5-4-7-12-10-11/h12H,2-10H2,1H3. The Hall–Kier alpha value is -0.130. The van der Waals surface area contributed by atoms with Gasteiger partial charge in [-0.05, 0) is 32.2 Å². The monoisotopic (exact) mass is 246 g/mol. The Morgan fingerprint density at radius 3 is 2.69 bits per heavy atom. The van der Waals surface area contributed by atoms with Crippen LogP contribution in [0.25, 0.3) is 0 Å². The Balaban J connectivity index is 2.04. The lowest BCUT2D eigenvalue weighted by atomic mass is 9.81. The second-order valence-electron chi connectivity index (χ2n) is 5.00. The summed E-state index contributed by atoms with van der Waals surface area (Å²) >= 11 is 0. The minimum absolute atomic E-state index is 0.0647. The van der Waals surface area contributed by atoms with E-state index in [1.807, 2.05) is 6.92 Å². The molecular formula is C11H22N2O2S. The van der Waals surface area contributed by atoms with Gasteiger partial charge in [0.25, 0.3) is 0 Å². The van der Waals surface area contributed by atoms with E-state index < -0.39 is 10.0 Å². The van der Waals surface area contributed by atoms with Crippen LogP contribution in [0.5, 0.6) is 0 Å². The van der Waals surface area contributed by atoms with Crippen LogP contribution in [0.15, 0.2) is 0 Å². The largest absolute Gasteiger partial charge is 0.315 e. The minimum Gasteiger partial charge on any atom is -0.315 e. The van der Waals surface area contributed by atoms with E-state index in [4.69, 9.17) is 0 Å². The van der Waals surface area contributed by atoms with Crippen molar-refractivity contribution in [2.24, 2.45) is 0 Å². The van der Waals surface area contributed by atoms with E-state index in [9.17, 15) is 8.42 Å². The van der Waals surface area contributed by atoms with E-state index in [0.717, 1.165) is 51.7 Å². The molecule has 0 aliphatic carbocycles. The van der Waals surface area contributed by atoms with Gasteiger partial charge in [0.15, 0.2) is 0 Å². The maximum absolute atomic E-state index is 12.1. The predicted octanol–water partition coefficient (Wildman–Crippen LogP) is 0.944. The summed E-state index contributed by atoms with van der Waals surface area (Å²) in [5.74, 6) is 0.325. The lowest BCUT2D eigenvalue weighted by Gasteiger charge is -2.53. The van der Waals surface area contributed by atoms with Gasteiger partial charge in [-0.2, -0.15) is 4.31 Å². The molecule has 5 heteroatoms. The lowest BCUT2D eigenvalue weighted by molar-refractivity contribution is 0.0455. The van der Waals surface area contributed by atoms with Gasteiger partial charge in [-0.25, -0.2) is 8.42 Å². The molecule has 1 unspecified atom stereocenters. The Bertz CT molecular complexity index is 334. The van der Waals surface area contributed by atoms with Crippen LogP contribution in [-0.2, 0) is 10.0 Å². The van der Waals surface area contributed by atoms with Gasteiger partial charge in [0.2, 0.25) is 10.0 Å². The normalized spacial score (nSPS) is 31.6. The van der Waals surface area contributed by atoms with Crippen molar-refractivity contribution in [2.45, 2.75) is 44.6 Å². The molecule has 4 nitrogen and oxygen atoms in total. The zero-order chi connectivity index (χ0) is 11.6. The average molecular weight is 246 g/mol. The molecule has 1 spiro atoms. The van der Waals surface area contributed by atoms with Crippen LogP contribution in [0.2, 0.25) is 0 Å². The molecule has 94 valence electrons. The Labute approximate surface area is 98.4 Å². The van der Waals surface area contributed by atoms with Gasteiger partial charge in [0, 0.05) is 18.6 Å². The Morgan fingerprint density at radius 2 is 2.19 bits per heavy atom. The van der Waals surface area contributed by atoms with E-state index in [2.05, 4.69) is 5.32 Å². The molecule has 0 aromatic heterocycles. The molecule has 2 aliphatic heterocycles. The zero-order valence-electron chi connectivity index (χ0n) is 10.0. The van der Waals surface area contributed by atoms with Crippen molar-refractivity contribution in [3.63, 3.8) is 0 Å². The first-order valence-corrected chi connectivity index (χ1v) is 7.93. The molecule has 1 N–H and O–H groups in total. The van der Waals surface area contributed by atoms with Crippen molar-refractivity contribution < 1.29 is 8.42 Å². The SMILES string of the molecule is CCCCS(=O)(=O)N1CCC12CCCNC2. The fourth-order valence-electron chi connectivity index (χ4n) is 2.77. The fraction of sp³-hybridized carbons (Fsp3) is 1.00. The fourth-order valence-corrected chi connectivity index (χ4v) is 4.85. The van der Waals surface area contributed by atoms with Gasteiger partial charge in [-0.1, -0.05) is 13.3 Å². The number of unbranched alkanes of at least 4 members (excludes halogenated alkanes) is 1. The van der Waals surface area contributed by atoms with Crippen LogP contribution in [0.3, 0.4) is 0 Å². The van der Waals surface area contributed by atoms with Crippen LogP contribution in [0, 0.1) is 0 Å². The summed E-state index contributed by atoms with van der Waals surface area (Å²) in [6, 6.07) is 0. The van der Waals surface area contributed by atoms with E-state index in [-0.39, 0.29) is 5.54 Å². The van der Waals surface area contributed by atoms with Crippen molar-refractivity contribution in [3.05, 3.63) is 0 Å². The van der Waals surface area contributed by atoms with Crippen LogP contribution in [0.4, 0.5) is 0 Å². The number of hydrogen-bond donors (Lipinski definition) is 1. The first kappa shape index (κ1) is 12.3. The maximum Gasteiger partial charge on any atom is 0.214 e. The Kier molecular flexibility index (Phi) is 3.56. The van der Waals surface area contributed by atoms with Crippen molar-refractivity contribution in [1.29, 1.82) is 0 Å². The summed E-state index contributed by atoms with van der Waals surface area (Å²) in [6.45, 7) is 4.64. The first-order valence-electron chi connectivity index (χ1n) is 6.32. The highest BCUT2D eigenvalue weighted by Gasteiger charge is 2.50. The van der Waals surface area contributed by atoms with Gasteiger partial charge in [0.05, 0.1) is 5.75 Å². The third-order valence-electron chi connectivity index (χ3n) is 3.85. The third kappa shape index (κ3) is 2.13. The summed E-state index contributed by atoms with van der Waals surface area (Å²) in [7, 11) is -3.00. The molecule has 2 heterocycles. The van der Waals surface area contributed by atoms with Gasteiger partial charge in [-0.3, -0.25) is 0 Å². The third-order valence-corrected chi connectivity index (χ3v) is 5.90. The molecule has 16 heavy (non-hydrogen) atoms. The summed E-state index contributed by atoms with van der Waals surface area (Å²) in [6.07, 6.45) is 4.89. The number of sulfonamides is 1. The van der Waals surface area contributed by atoms with E-state index in [1.54, 1.807) is 4.31 Å². The predicted molar refractivity (Wildman–Crippen MR) is 64.9 cm³/mol. The molecule has 2 rings (SSSR count). The van der Waals surface area contributed by atoms with E-state index >= 15 is 0 Å². The highest BCUT2D eigenvalue weighted by atomic mass is 32.2. The summed E-state index contributed by atoms with van der Waals surface area (Å²) < 4.78 is 26.1.